The molecule has 1 atom stereocenters. The predicted molar refractivity (Wildman–Crippen MR) is 70.9 cm³/mol. The average molecular weight is 251 g/mol. The van der Waals surface area contributed by atoms with Crippen molar-refractivity contribution in [2.75, 3.05) is 14.2 Å². The smallest absolute Gasteiger partial charge is 0.251 e. The van der Waals surface area contributed by atoms with Crippen LogP contribution in [0.4, 0.5) is 0 Å². The Kier molecular flexibility index (Phi) is 5.61. The highest BCUT2D eigenvalue weighted by molar-refractivity contribution is 5.80. The molecular formula is C13H21N3O2. The number of likely N-dealkylation sites (N-methyl/N-ethyl adjacent to an activating group) is 1. The van der Waals surface area contributed by atoms with Crippen molar-refractivity contribution in [3.63, 3.8) is 0 Å². The van der Waals surface area contributed by atoms with Crippen LogP contribution in [0.3, 0.4) is 0 Å². The number of carbonyl (C=O) groups is 1. The molecule has 0 aliphatic rings. The minimum atomic E-state index is -0.221. The molecule has 1 aromatic carbocycles. The van der Waals surface area contributed by atoms with Crippen LogP contribution in [0.15, 0.2) is 24.3 Å². The number of carbonyl (C=O) groups excluding carboxylic acids is 1. The van der Waals surface area contributed by atoms with Gasteiger partial charge >= 0.3 is 0 Å². The predicted octanol–water partition coefficient (Wildman–Crippen LogP) is 0.896. The van der Waals surface area contributed by atoms with Crippen molar-refractivity contribution in [2.24, 2.45) is 5.84 Å². The van der Waals surface area contributed by atoms with E-state index < -0.39 is 0 Å². The first-order valence-electron chi connectivity index (χ1n) is 5.96. The number of hydrogen-bond acceptors (Lipinski definition) is 4. The molecule has 0 heterocycles. The Bertz CT molecular complexity index is 396. The lowest BCUT2D eigenvalue weighted by molar-refractivity contribution is -0.126. The van der Waals surface area contributed by atoms with Crippen molar-refractivity contribution in [1.82, 2.24) is 10.3 Å². The van der Waals surface area contributed by atoms with Crippen molar-refractivity contribution in [3.8, 4) is 5.75 Å². The van der Waals surface area contributed by atoms with E-state index in [2.05, 4.69) is 5.43 Å². The zero-order valence-corrected chi connectivity index (χ0v) is 11.1. The van der Waals surface area contributed by atoms with E-state index in [1.54, 1.807) is 7.11 Å². The van der Waals surface area contributed by atoms with Crippen molar-refractivity contribution in [1.29, 1.82) is 0 Å². The Morgan fingerprint density at radius 1 is 1.56 bits per heavy atom. The second-order valence-electron chi connectivity index (χ2n) is 4.20. The van der Waals surface area contributed by atoms with Gasteiger partial charge in [-0.2, -0.15) is 0 Å². The van der Waals surface area contributed by atoms with Gasteiger partial charge in [0.15, 0.2) is 0 Å². The highest BCUT2D eigenvalue weighted by Gasteiger charge is 2.20. The minimum absolute atomic E-state index is 0.164. The van der Waals surface area contributed by atoms with Gasteiger partial charge in [-0.05, 0) is 31.2 Å². The summed E-state index contributed by atoms with van der Waals surface area (Å²) >= 11 is 0. The van der Waals surface area contributed by atoms with Crippen LogP contribution in [0.2, 0.25) is 0 Å². The Hall–Kier alpha value is -1.59. The van der Waals surface area contributed by atoms with Crippen LogP contribution in [0.1, 0.15) is 18.9 Å². The average Bonchev–Trinajstić information content (AvgIpc) is 2.39. The van der Waals surface area contributed by atoms with Gasteiger partial charge in [0, 0.05) is 6.54 Å². The normalized spacial score (nSPS) is 12.3. The number of rotatable bonds is 6. The van der Waals surface area contributed by atoms with Crippen molar-refractivity contribution in [2.45, 2.75) is 25.9 Å². The van der Waals surface area contributed by atoms with Gasteiger partial charge in [-0.25, -0.2) is 5.84 Å². The van der Waals surface area contributed by atoms with Gasteiger partial charge in [0.05, 0.1) is 13.2 Å². The standard InChI is InChI=1S/C13H21N3O2/c1-4-12(13(17)15-14)16(2)9-10-6-5-7-11(8-10)18-3/h5-8,12H,4,9,14H2,1-3H3,(H,15,17). The molecule has 1 unspecified atom stereocenters. The van der Waals surface area contributed by atoms with E-state index in [4.69, 9.17) is 10.6 Å². The second-order valence-corrected chi connectivity index (χ2v) is 4.20. The molecule has 18 heavy (non-hydrogen) atoms. The maximum Gasteiger partial charge on any atom is 0.251 e. The fourth-order valence-corrected chi connectivity index (χ4v) is 1.96. The summed E-state index contributed by atoms with van der Waals surface area (Å²) in [6, 6.07) is 7.58. The fraction of sp³-hybridized carbons (Fsp3) is 0.462. The maximum absolute atomic E-state index is 11.6. The molecule has 1 amide bonds. The lowest BCUT2D eigenvalue weighted by atomic mass is 10.1. The summed E-state index contributed by atoms with van der Waals surface area (Å²) in [6.45, 7) is 2.63. The van der Waals surface area contributed by atoms with Gasteiger partial charge in [-0.1, -0.05) is 19.1 Å². The third kappa shape index (κ3) is 3.72. The summed E-state index contributed by atoms with van der Waals surface area (Å²) < 4.78 is 5.17. The molecule has 0 aromatic heterocycles. The number of ether oxygens (including phenoxy) is 1. The molecule has 0 saturated heterocycles. The number of hydrogen-bond donors (Lipinski definition) is 2. The number of hydrazine groups is 1. The molecule has 5 heteroatoms. The lowest BCUT2D eigenvalue weighted by Crippen LogP contribution is -2.47. The lowest BCUT2D eigenvalue weighted by Gasteiger charge is -2.25. The number of nitrogens with two attached hydrogens (primary N) is 1. The number of nitrogens with zero attached hydrogens (tertiary/aromatic N) is 1. The number of methoxy groups -OCH3 is 1. The highest BCUT2D eigenvalue weighted by Crippen LogP contribution is 2.15. The fourth-order valence-electron chi connectivity index (χ4n) is 1.96. The molecule has 0 bridgehead atoms. The number of benzene rings is 1. The Balaban J connectivity index is 2.72. The molecule has 0 fully saturated rings. The molecule has 100 valence electrons. The summed E-state index contributed by atoms with van der Waals surface area (Å²) in [5.41, 5.74) is 3.30. The molecule has 1 aromatic rings. The van der Waals surface area contributed by atoms with E-state index in [9.17, 15) is 4.79 Å². The quantitative estimate of drug-likeness (QED) is 0.448. The van der Waals surface area contributed by atoms with Gasteiger partial charge in [-0.15, -0.1) is 0 Å². The first-order valence-corrected chi connectivity index (χ1v) is 5.96. The number of nitrogens with one attached hydrogen (secondary N) is 1. The highest BCUT2D eigenvalue weighted by atomic mass is 16.5. The van der Waals surface area contributed by atoms with Crippen molar-refractivity contribution in [3.05, 3.63) is 29.8 Å². The monoisotopic (exact) mass is 251 g/mol. The summed E-state index contributed by atoms with van der Waals surface area (Å²) in [5.74, 6) is 5.83. The van der Waals surface area contributed by atoms with Gasteiger partial charge in [0.1, 0.15) is 5.75 Å². The Labute approximate surface area is 108 Å². The molecular weight excluding hydrogens is 230 g/mol. The molecule has 5 nitrogen and oxygen atoms in total. The van der Waals surface area contributed by atoms with Crippen LogP contribution in [0.5, 0.6) is 5.75 Å². The van der Waals surface area contributed by atoms with E-state index in [1.807, 2.05) is 43.1 Å². The van der Waals surface area contributed by atoms with Gasteiger partial charge in [0.25, 0.3) is 5.91 Å². The molecule has 3 N–H and O–H groups in total. The van der Waals surface area contributed by atoms with E-state index in [-0.39, 0.29) is 11.9 Å². The van der Waals surface area contributed by atoms with E-state index in [1.165, 1.54) is 0 Å². The first-order chi connectivity index (χ1) is 8.62. The van der Waals surface area contributed by atoms with Gasteiger partial charge in [-0.3, -0.25) is 15.1 Å². The SMILES string of the molecule is CCC(C(=O)NN)N(C)Cc1cccc(OC)c1. The van der Waals surface area contributed by atoms with Crippen LogP contribution in [0, 0.1) is 0 Å². The molecule has 0 radical (unpaired) electrons. The maximum atomic E-state index is 11.6. The summed E-state index contributed by atoms with van der Waals surface area (Å²) in [5, 5.41) is 0. The summed E-state index contributed by atoms with van der Waals surface area (Å²) in [7, 11) is 3.54. The Morgan fingerprint density at radius 3 is 2.83 bits per heavy atom. The topological polar surface area (TPSA) is 67.6 Å². The van der Waals surface area contributed by atoms with Crippen molar-refractivity contribution >= 4 is 5.91 Å². The van der Waals surface area contributed by atoms with Crippen LogP contribution in [-0.2, 0) is 11.3 Å². The third-order valence-electron chi connectivity index (χ3n) is 2.93. The van der Waals surface area contributed by atoms with Crippen LogP contribution in [-0.4, -0.2) is 31.0 Å². The summed E-state index contributed by atoms with van der Waals surface area (Å²) in [6.07, 6.45) is 0.712. The van der Waals surface area contributed by atoms with Crippen LogP contribution >= 0.6 is 0 Å². The second kappa shape index (κ2) is 6.98. The van der Waals surface area contributed by atoms with E-state index in [0.29, 0.717) is 13.0 Å². The minimum Gasteiger partial charge on any atom is -0.497 e. The number of amides is 1. The molecule has 0 saturated carbocycles. The van der Waals surface area contributed by atoms with Crippen LogP contribution in [0.25, 0.3) is 0 Å². The first kappa shape index (κ1) is 14.5. The third-order valence-corrected chi connectivity index (χ3v) is 2.93. The van der Waals surface area contributed by atoms with Crippen LogP contribution < -0.4 is 16.0 Å². The zero-order valence-electron chi connectivity index (χ0n) is 11.1. The molecule has 0 spiro atoms. The van der Waals surface area contributed by atoms with E-state index in [0.717, 1.165) is 11.3 Å². The Morgan fingerprint density at radius 2 is 2.28 bits per heavy atom. The summed E-state index contributed by atoms with van der Waals surface area (Å²) in [4.78, 5) is 13.6. The molecule has 1 rings (SSSR count). The van der Waals surface area contributed by atoms with Gasteiger partial charge < -0.3 is 4.74 Å². The van der Waals surface area contributed by atoms with E-state index >= 15 is 0 Å². The largest absolute Gasteiger partial charge is 0.497 e. The van der Waals surface area contributed by atoms with Crippen molar-refractivity contribution < 1.29 is 9.53 Å². The zero-order chi connectivity index (χ0) is 13.5. The van der Waals surface area contributed by atoms with Gasteiger partial charge in [0.2, 0.25) is 0 Å². The molecule has 0 aliphatic carbocycles. The molecule has 0 aliphatic heterocycles.